The number of carbonyl (C=O) groups excluding carboxylic acids is 1. The Kier molecular flexibility index (Phi) is 9.43. The van der Waals surface area contributed by atoms with E-state index < -0.39 is 11.9 Å². The maximum atomic E-state index is 11.2. The molecule has 0 aromatic heterocycles. The average Bonchev–Trinajstić information content (AvgIpc) is 2.76. The molecule has 2 aromatic carbocycles. The van der Waals surface area contributed by atoms with Gasteiger partial charge in [-0.2, -0.15) is 10.5 Å². The van der Waals surface area contributed by atoms with E-state index in [1.807, 2.05) is 57.2 Å². The van der Waals surface area contributed by atoms with E-state index in [9.17, 15) is 14.7 Å². The van der Waals surface area contributed by atoms with Crippen LogP contribution in [0.2, 0.25) is 0 Å². The van der Waals surface area contributed by atoms with Crippen LogP contribution in [0.1, 0.15) is 31.9 Å². The highest BCUT2D eigenvalue weighted by atomic mass is 16.5. The van der Waals surface area contributed by atoms with Crippen LogP contribution in [0.4, 0.5) is 0 Å². The summed E-state index contributed by atoms with van der Waals surface area (Å²) in [7, 11) is 0. The van der Waals surface area contributed by atoms with Gasteiger partial charge in [-0.25, -0.2) is 9.59 Å². The van der Waals surface area contributed by atoms with Gasteiger partial charge in [-0.15, -0.1) is 0 Å². The summed E-state index contributed by atoms with van der Waals surface area (Å²) in [4.78, 5) is 22.1. The molecule has 0 fully saturated rings. The van der Waals surface area contributed by atoms with Crippen molar-refractivity contribution in [3.8, 4) is 12.1 Å². The fourth-order valence-electron chi connectivity index (χ4n) is 2.29. The highest BCUT2D eigenvalue weighted by Crippen LogP contribution is 2.26. The Bertz CT molecular complexity index is 993. The number of hydrogen-bond donors (Lipinski definition) is 1. The van der Waals surface area contributed by atoms with Gasteiger partial charge in [-0.05, 0) is 16.5 Å². The summed E-state index contributed by atoms with van der Waals surface area (Å²) in [6, 6.07) is 21.5. The van der Waals surface area contributed by atoms with Crippen LogP contribution in [-0.2, 0) is 14.3 Å². The predicted molar refractivity (Wildman–Crippen MR) is 117 cm³/mol. The standard InChI is InChI=1S/C16H11NO2.C9H13NO2/c17-11-14(16(18)19)15(12-7-3-1-4-8-12)13-9-5-2-6-10-13;1-7(5-10)8(11)12-6-9(2,3)4/h1-10H,(H,18,19);1,6H2,2-4H3. The molecule has 2 aromatic rings. The molecule has 158 valence electrons. The number of carbonyl (C=O) groups is 2. The van der Waals surface area contributed by atoms with Gasteiger partial charge in [-0.1, -0.05) is 88.0 Å². The molecule has 6 nitrogen and oxygen atoms in total. The molecule has 0 aliphatic rings. The molecular weight excluding hydrogens is 392 g/mol. The Morgan fingerprint density at radius 2 is 1.39 bits per heavy atom. The molecule has 31 heavy (non-hydrogen) atoms. The molecule has 0 aliphatic heterocycles. The lowest BCUT2D eigenvalue weighted by Gasteiger charge is -2.17. The maximum Gasteiger partial charge on any atom is 0.348 e. The molecule has 0 spiro atoms. The predicted octanol–water partition coefficient (Wildman–Crippen LogP) is 4.75. The molecule has 0 saturated heterocycles. The molecular formula is C25H24N2O4. The van der Waals surface area contributed by atoms with Crippen LogP contribution >= 0.6 is 0 Å². The fourth-order valence-corrected chi connectivity index (χ4v) is 2.29. The zero-order valence-corrected chi connectivity index (χ0v) is 17.8. The van der Waals surface area contributed by atoms with Gasteiger partial charge in [0.25, 0.3) is 0 Å². The third-order valence-electron chi connectivity index (χ3n) is 3.72. The van der Waals surface area contributed by atoms with E-state index in [2.05, 4.69) is 6.58 Å². The Morgan fingerprint density at radius 3 is 1.71 bits per heavy atom. The highest BCUT2D eigenvalue weighted by Gasteiger charge is 2.17. The third kappa shape index (κ3) is 8.39. The van der Waals surface area contributed by atoms with Crippen molar-refractivity contribution in [1.82, 2.24) is 0 Å². The van der Waals surface area contributed by atoms with Crippen molar-refractivity contribution in [2.75, 3.05) is 6.61 Å². The molecule has 0 aliphatic carbocycles. The van der Waals surface area contributed by atoms with Crippen molar-refractivity contribution >= 4 is 17.5 Å². The molecule has 6 heteroatoms. The van der Waals surface area contributed by atoms with Crippen LogP contribution in [0.25, 0.3) is 5.57 Å². The number of benzene rings is 2. The lowest BCUT2D eigenvalue weighted by atomic mass is 9.93. The second-order valence-electron chi connectivity index (χ2n) is 7.63. The largest absolute Gasteiger partial charge is 0.477 e. The van der Waals surface area contributed by atoms with Crippen molar-refractivity contribution in [2.45, 2.75) is 20.8 Å². The van der Waals surface area contributed by atoms with Crippen LogP contribution in [0.5, 0.6) is 0 Å². The van der Waals surface area contributed by atoms with E-state index in [4.69, 9.17) is 15.3 Å². The number of aliphatic carboxylic acids is 1. The number of rotatable bonds is 5. The number of carboxylic acids is 1. The Balaban J connectivity index is 0.000000348. The molecule has 0 radical (unpaired) electrons. The van der Waals surface area contributed by atoms with E-state index in [0.717, 1.165) is 0 Å². The number of hydrogen-bond acceptors (Lipinski definition) is 5. The van der Waals surface area contributed by atoms with Gasteiger partial charge < -0.3 is 9.84 Å². The zero-order chi connectivity index (χ0) is 23.4. The van der Waals surface area contributed by atoms with Crippen LogP contribution in [0, 0.1) is 28.1 Å². The number of esters is 1. The smallest absolute Gasteiger partial charge is 0.348 e. The summed E-state index contributed by atoms with van der Waals surface area (Å²) in [6.45, 7) is 9.36. The SMILES string of the molecule is C=C(C#N)C(=O)OCC(C)(C)C.N#CC(C(=O)O)=C(c1ccccc1)c1ccccc1. The number of nitriles is 2. The van der Waals surface area contributed by atoms with Gasteiger partial charge in [0, 0.05) is 5.57 Å². The van der Waals surface area contributed by atoms with E-state index in [1.54, 1.807) is 36.4 Å². The third-order valence-corrected chi connectivity index (χ3v) is 3.72. The van der Waals surface area contributed by atoms with E-state index in [-0.39, 0.29) is 16.6 Å². The van der Waals surface area contributed by atoms with Crippen molar-refractivity contribution in [1.29, 1.82) is 10.5 Å². The van der Waals surface area contributed by atoms with Gasteiger partial charge in [0.1, 0.15) is 23.3 Å². The van der Waals surface area contributed by atoms with Crippen LogP contribution < -0.4 is 0 Å². The first-order valence-electron chi connectivity index (χ1n) is 9.35. The summed E-state index contributed by atoms with van der Waals surface area (Å²) in [6.07, 6.45) is 0. The van der Waals surface area contributed by atoms with Gasteiger partial charge in [0.05, 0.1) is 6.61 Å². The fraction of sp³-hybridized carbons (Fsp3) is 0.200. The topological polar surface area (TPSA) is 111 Å². The lowest BCUT2D eigenvalue weighted by Crippen LogP contribution is -2.18. The average molecular weight is 416 g/mol. The van der Waals surface area contributed by atoms with Gasteiger partial charge in [0.2, 0.25) is 0 Å². The molecule has 0 amide bonds. The Morgan fingerprint density at radius 1 is 0.935 bits per heavy atom. The lowest BCUT2D eigenvalue weighted by molar-refractivity contribution is -0.141. The number of nitrogens with zero attached hydrogens (tertiary/aromatic N) is 2. The molecule has 0 heterocycles. The normalized spacial score (nSPS) is 9.71. The van der Waals surface area contributed by atoms with Gasteiger partial charge >= 0.3 is 11.9 Å². The van der Waals surface area contributed by atoms with Gasteiger partial charge in [-0.3, -0.25) is 0 Å². The van der Waals surface area contributed by atoms with E-state index in [1.165, 1.54) is 0 Å². The second-order valence-corrected chi connectivity index (χ2v) is 7.63. The summed E-state index contributed by atoms with van der Waals surface area (Å²) in [5.41, 5.74) is 1.39. The first-order chi connectivity index (χ1) is 14.6. The Labute approximate surface area is 182 Å². The number of ether oxygens (including phenoxy) is 1. The molecule has 2 rings (SSSR count). The molecule has 0 atom stereocenters. The van der Waals surface area contributed by atoms with Crippen LogP contribution in [-0.4, -0.2) is 23.7 Å². The van der Waals surface area contributed by atoms with Crippen LogP contribution in [0.3, 0.4) is 0 Å². The molecule has 0 saturated carbocycles. The minimum absolute atomic E-state index is 0.0780. The monoisotopic (exact) mass is 416 g/mol. The summed E-state index contributed by atoms with van der Waals surface area (Å²) in [5, 5.41) is 26.6. The first-order valence-corrected chi connectivity index (χ1v) is 9.35. The van der Waals surface area contributed by atoms with Crippen molar-refractivity contribution in [3.63, 3.8) is 0 Å². The maximum absolute atomic E-state index is 11.2. The molecule has 0 unspecified atom stereocenters. The minimum Gasteiger partial charge on any atom is -0.477 e. The summed E-state index contributed by atoms with van der Waals surface area (Å²) in [5.74, 6) is -1.85. The van der Waals surface area contributed by atoms with Crippen molar-refractivity contribution in [2.24, 2.45) is 5.41 Å². The summed E-state index contributed by atoms with van der Waals surface area (Å²) < 4.78 is 4.80. The van der Waals surface area contributed by atoms with Crippen molar-refractivity contribution in [3.05, 3.63) is 89.5 Å². The minimum atomic E-state index is -1.22. The van der Waals surface area contributed by atoms with Crippen LogP contribution in [0.15, 0.2) is 78.4 Å². The summed E-state index contributed by atoms with van der Waals surface area (Å²) >= 11 is 0. The molecule has 1 N–H and O–H groups in total. The Hall–Kier alpha value is -4.16. The quantitative estimate of drug-likeness (QED) is 0.428. The first kappa shape index (κ1) is 24.9. The molecule has 0 bridgehead atoms. The second kappa shape index (κ2) is 11.7. The highest BCUT2D eigenvalue weighted by molar-refractivity contribution is 6.04. The van der Waals surface area contributed by atoms with E-state index in [0.29, 0.717) is 23.3 Å². The van der Waals surface area contributed by atoms with Crippen molar-refractivity contribution < 1.29 is 19.4 Å². The zero-order valence-electron chi connectivity index (χ0n) is 17.8. The van der Waals surface area contributed by atoms with Gasteiger partial charge in [0.15, 0.2) is 0 Å². The van der Waals surface area contributed by atoms with E-state index >= 15 is 0 Å². The number of carboxylic acid groups (broad SMARTS) is 1.